The smallest absolute Gasteiger partial charge is 0.221 e. The average molecular weight is 155 g/mol. The number of carbonyl (C=O) groups is 1. The fourth-order valence-corrected chi connectivity index (χ4v) is 0.519. The second kappa shape index (κ2) is 5.49. The first kappa shape index (κ1) is 9.71. The summed E-state index contributed by atoms with van der Waals surface area (Å²) in [6, 6.07) is 0. The number of hydrogen-bond acceptors (Lipinski definition) is 2. The van der Waals surface area contributed by atoms with E-state index in [1.807, 2.05) is 12.4 Å². The maximum absolute atomic E-state index is 8.94. The fraction of sp³-hybridized carbons (Fsp3) is 0.286. The third-order valence-electron chi connectivity index (χ3n) is 1.29. The fourth-order valence-electron chi connectivity index (χ4n) is 0.519. The van der Waals surface area contributed by atoms with E-state index in [9.17, 15) is 0 Å². The first-order chi connectivity index (χ1) is 5.22. The maximum Gasteiger partial charge on any atom is 0.221 e. The van der Waals surface area contributed by atoms with Crippen LogP contribution < -0.4 is 11.3 Å². The van der Waals surface area contributed by atoms with Gasteiger partial charge in [0.15, 0.2) is 0 Å². The summed E-state index contributed by atoms with van der Waals surface area (Å²) in [5.74, 6) is 4.41. The van der Waals surface area contributed by atoms with Crippen molar-refractivity contribution in [2.24, 2.45) is 5.84 Å². The molecule has 0 aliphatic heterocycles. The maximum atomic E-state index is 8.94. The van der Waals surface area contributed by atoms with Gasteiger partial charge in [-0.1, -0.05) is 0 Å². The lowest BCUT2D eigenvalue weighted by molar-refractivity contribution is -0.109. The predicted octanol–water partition coefficient (Wildman–Crippen LogP) is 0.238. The van der Waals surface area contributed by atoms with E-state index in [4.69, 9.17) is 4.79 Å². The molecule has 4 heteroatoms. The molecule has 0 saturated heterocycles. The minimum Gasteiger partial charge on any atom is -0.367 e. The van der Waals surface area contributed by atoms with E-state index in [0.717, 1.165) is 0 Å². The van der Waals surface area contributed by atoms with Crippen molar-refractivity contribution in [2.45, 2.75) is 13.8 Å². The van der Waals surface area contributed by atoms with Gasteiger partial charge in [-0.25, -0.2) is 5.84 Å². The lowest BCUT2D eigenvalue weighted by Gasteiger charge is -1.79. The molecule has 0 radical (unpaired) electrons. The Bertz CT molecular complexity index is 191. The van der Waals surface area contributed by atoms with Crippen LogP contribution in [0.5, 0.6) is 0 Å². The zero-order valence-electron chi connectivity index (χ0n) is 6.72. The quantitative estimate of drug-likeness (QED) is 0.235. The molecule has 1 aromatic rings. The first-order valence-corrected chi connectivity index (χ1v) is 3.22. The van der Waals surface area contributed by atoms with Crippen LogP contribution in [0, 0.1) is 13.8 Å². The Hall–Kier alpha value is -1.29. The molecular weight excluding hydrogens is 142 g/mol. The van der Waals surface area contributed by atoms with Crippen molar-refractivity contribution in [3.05, 3.63) is 23.5 Å². The van der Waals surface area contributed by atoms with E-state index in [1.165, 1.54) is 11.1 Å². The number of aromatic amines is 1. The number of nitrogens with two attached hydrogens (primary N) is 1. The number of hydrazine groups is 1. The van der Waals surface area contributed by atoms with Crippen LogP contribution in [-0.2, 0) is 4.79 Å². The highest BCUT2D eigenvalue weighted by molar-refractivity contribution is 5.44. The number of aryl methyl sites for hydroxylation is 2. The number of rotatable bonds is 1. The van der Waals surface area contributed by atoms with Gasteiger partial charge in [0.1, 0.15) is 0 Å². The summed E-state index contributed by atoms with van der Waals surface area (Å²) in [5.41, 5.74) is 4.42. The monoisotopic (exact) mass is 155 g/mol. The van der Waals surface area contributed by atoms with E-state index in [-0.39, 0.29) is 0 Å². The Labute approximate surface area is 65.8 Å². The molecule has 1 rings (SSSR count). The molecule has 0 aliphatic rings. The molecule has 0 aromatic carbocycles. The number of carbonyl (C=O) groups excluding carboxylic acids is 1. The summed E-state index contributed by atoms with van der Waals surface area (Å²) < 4.78 is 0. The number of nitrogens with one attached hydrogen (secondary N) is 2. The Morgan fingerprint density at radius 3 is 1.91 bits per heavy atom. The Balaban J connectivity index is 0.000000218. The third kappa shape index (κ3) is 4.16. The normalized spacial score (nSPS) is 7.91. The largest absolute Gasteiger partial charge is 0.367 e. The van der Waals surface area contributed by atoms with Crippen molar-refractivity contribution in [2.75, 3.05) is 0 Å². The molecule has 4 N–H and O–H groups in total. The highest BCUT2D eigenvalue weighted by atomic mass is 16.1. The molecule has 0 atom stereocenters. The van der Waals surface area contributed by atoms with Gasteiger partial charge in [-0.15, -0.1) is 0 Å². The first-order valence-electron chi connectivity index (χ1n) is 3.22. The van der Waals surface area contributed by atoms with Crippen molar-refractivity contribution in [1.29, 1.82) is 0 Å². The molecule has 0 spiro atoms. The third-order valence-corrected chi connectivity index (χ3v) is 1.29. The van der Waals surface area contributed by atoms with Crippen LogP contribution in [0.1, 0.15) is 11.1 Å². The number of amides is 1. The highest BCUT2D eigenvalue weighted by Crippen LogP contribution is 2.00. The van der Waals surface area contributed by atoms with Crippen LogP contribution in [-0.4, -0.2) is 11.4 Å². The van der Waals surface area contributed by atoms with Crippen LogP contribution in [0.3, 0.4) is 0 Å². The van der Waals surface area contributed by atoms with Gasteiger partial charge in [-0.2, -0.15) is 0 Å². The van der Waals surface area contributed by atoms with Gasteiger partial charge in [0.05, 0.1) is 0 Å². The highest BCUT2D eigenvalue weighted by Gasteiger charge is 1.85. The standard InChI is InChI=1S/C6H9N.CH4N2O/c1-5-3-7-4-6(5)2;2-3-1-4/h3-4,7H,1-2H3;1H,2H2,(H,3,4). The van der Waals surface area contributed by atoms with E-state index < -0.39 is 0 Å². The molecule has 0 fully saturated rings. The summed E-state index contributed by atoms with van der Waals surface area (Å²) in [5, 5.41) is 0. The Morgan fingerprint density at radius 2 is 1.82 bits per heavy atom. The molecule has 11 heavy (non-hydrogen) atoms. The summed E-state index contributed by atoms with van der Waals surface area (Å²) in [7, 11) is 0. The van der Waals surface area contributed by atoms with Crippen LogP contribution in [0.4, 0.5) is 0 Å². The Morgan fingerprint density at radius 1 is 1.45 bits per heavy atom. The molecule has 62 valence electrons. The SMILES string of the molecule is Cc1c[nH]cc1C.NNC=O. The van der Waals surface area contributed by atoms with E-state index in [2.05, 4.69) is 24.7 Å². The number of hydrogen-bond donors (Lipinski definition) is 3. The minimum atomic E-state index is 0.403. The zero-order chi connectivity index (χ0) is 8.69. The summed E-state index contributed by atoms with van der Waals surface area (Å²) in [6.07, 6.45) is 4.39. The van der Waals surface area contributed by atoms with Gasteiger partial charge in [-0.3, -0.25) is 10.2 Å². The van der Waals surface area contributed by atoms with Crippen molar-refractivity contribution >= 4 is 6.41 Å². The van der Waals surface area contributed by atoms with E-state index >= 15 is 0 Å². The zero-order valence-corrected chi connectivity index (χ0v) is 6.72. The van der Waals surface area contributed by atoms with E-state index in [0.29, 0.717) is 6.41 Å². The lowest BCUT2D eigenvalue weighted by Crippen LogP contribution is -2.18. The van der Waals surface area contributed by atoms with Crippen LogP contribution in [0.15, 0.2) is 12.4 Å². The molecule has 0 saturated carbocycles. The summed E-state index contributed by atoms with van der Waals surface area (Å²) in [6.45, 7) is 4.18. The van der Waals surface area contributed by atoms with Gasteiger partial charge in [0.2, 0.25) is 6.41 Å². The Kier molecular flexibility index (Phi) is 4.85. The summed E-state index contributed by atoms with van der Waals surface area (Å²) >= 11 is 0. The van der Waals surface area contributed by atoms with Crippen LogP contribution in [0.25, 0.3) is 0 Å². The molecule has 0 unspecified atom stereocenters. The van der Waals surface area contributed by atoms with Gasteiger partial charge >= 0.3 is 0 Å². The molecular formula is C7H13N3O. The van der Waals surface area contributed by atoms with Gasteiger partial charge < -0.3 is 4.98 Å². The van der Waals surface area contributed by atoms with Gasteiger partial charge in [0.25, 0.3) is 0 Å². The van der Waals surface area contributed by atoms with Crippen LogP contribution in [0.2, 0.25) is 0 Å². The van der Waals surface area contributed by atoms with Crippen LogP contribution >= 0.6 is 0 Å². The van der Waals surface area contributed by atoms with Crippen molar-refractivity contribution in [3.8, 4) is 0 Å². The molecule has 0 aliphatic carbocycles. The van der Waals surface area contributed by atoms with Crippen molar-refractivity contribution < 1.29 is 4.79 Å². The van der Waals surface area contributed by atoms with Crippen molar-refractivity contribution in [1.82, 2.24) is 10.4 Å². The molecule has 4 nitrogen and oxygen atoms in total. The molecule has 1 amide bonds. The van der Waals surface area contributed by atoms with Gasteiger partial charge in [0, 0.05) is 12.4 Å². The van der Waals surface area contributed by atoms with Gasteiger partial charge in [-0.05, 0) is 25.0 Å². The minimum absolute atomic E-state index is 0.403. The van der Waals surface area contributed by atoms with Crippen molar-refractivity contribution in [3.63, 3.8) is 0 Å². The average Bonchev–Trinajstić information content (AvgIpc) is 2.37. The second-order valence-electron chi connectivity index (χ2n) is 2.11. The second-order valence-corrected chi connectivity index (χ2v) is 2.11. The molecule has 1 aromatic heterocycles. The van der Waals surface area contributed by atoms with E-state index in [1.54, 1.807) is 5.43 Å². The number of aromatic nitrogens is 1. The molecule has 1 heterocycles. The lowest BCUT2D eigenvalue weighted by atomic mass is 10.2. The number of H-pyrrole nitrogens is 1. The topological polar surface area (TPSA) is 70.9 Å². The predicted molar refractivity (Wildman–Crippen MR) is 43.7 cm³/mol. The molecule has 0 bridgehead atoms. The summed E-state index contributed by atoms with van der Waals surface area (Å²) in [4.78, 5) is 11.9.